The van der Waals surface area contributed by atoms with Crippen LogP contribution in [0.4, 0.5) is 0 Å². The van der Waals surface area contributed by atoms with Crippen LogP contribution in [0.2, 0.25) is 0 Å². The van der Waals surface area contributed by atoms with Crippen LogP contribution >= 0.6 is 9.30 Å². The van der Waals surface area contributed by atoms with Gasteiger partial charge in [-0.1, -0.05) is 80.1 Å². The molecule has 0 N–H and O–H groups in total. The van der Waals surface area contributed by atoms with E-state index >= 15 is 0 Å². The number of rotatable bonds is 9. The van der Waals surface area contributed by atoms with Crippen LogP contribution in [0.5, 0.6) is 0 Å². The van der Waals surface area contributed by atoms with E-state index < -0.39 is 0 Å². The Kier molecular flexibility index (Phi) is 42.3. The molecule has 0 amide bonds. The fourth-order valence-electron chi connectivity index (χ4n) is 1.22. The van der Waals surface area contributed by atoms with Gasteiger partial charge in [-0.25, -0.2) is 0 Å². The van der Waals surface area contributed by atoms with E-state index in [0.29, 0.717) is 17.8 Å². The molecule has 3 atom stereocenters. The molecule has 5 heteroatoms. The second kappa shape index (κ2) is 30.7. The summed E-state index contributed by atoms with van der Waals surface area (Å²) in [4.78, 5) is 0. The second-order valence-corrected chi connectivity index (χ2v) is 6.02. The molecule has 0 aliphatic rings. The van der Waals surface area contributed by atoms with Gasteiger partial charge in [-0.15, -0.1) is 19.8 Å². The summed E-state index contributed by atoms with van der Waals surface area (Å²) in [6.45, 7) is 12.9. The van der Waals surface area contributed by atoms with Crippen LogP contribution in [0.3, 0.4) is 0 Å². The zero-order chi connectivity index (χ0) is 19.1. The first-order chi connectivity index (χ1) is 10.9. The van der Waals surface area contributed by atoms with Crippen molar-refractivity contribution < 1.29 is 34.7 Å². The molecule has 140 valence electrons. The summed E-state index contributed by atoms with van der Waals surface area (Å²) < 4.78 is 0. The summed E-state index contributed by atoms with van der Waals surface area (Å²) in [7, 11) is 4.64. The van der Waals surface area contributed by atoms with Gasteiger partial charge in [-0.05, 0) is 17.8 Å². The standard InChI is InChI=1S/3C6H13O.ClH.Ti/c3*1-3-6(2)4-5-7;;/h3*6H,3-5H2,1-2H3;1H;/q3*-1;;+4/p-1. The Labute approximate surface area is 161 Å². The zero-order valence-electron chi connectivity index (χ0n) is 16.2. The van der Waals surface area contributed by atoms with Gasteiger partial charge >= 0.3 is 28.7 Å². The van der Waals surface area contributed by atoms with E-state index in [2.05, 4.69) is 50.8 Å². The molecule has 0 saturated carbocycles. The van der Waals surface area contributed by atoms with Crippen molar-refractivity contribution in [2.75, 3.05) is 19.8 Å². The molecule has 0 aromatic carbocycles. The molecule has 0 saturated heterocycles. The monoisotopic (exact) mass is 386 g/mol. The van der Waals surface area contributed by atoms with Crippen molar-refractivity contribution in [1.29, 1.82) is 0 Å². The Balaban J connectivity index is -0.000000111. The van der Waals surface area contributed by atoms with Gasteiger partial charge in [-0.2, -0.15) is 0 Å². The van der Waals surface area contributed by atoms with Gasteiger partial charge in [0.05, 0.1) is 0 Å². The average Bonchev–Trinajstić information content (AvgIpc) is 2.58. The Bertz CT molecular complexity index is 146. The molecular weight excluding hydrogens is 348 g/mol. The molecule has 0 aliphatic heterocycles. The van der Waals surface area contributed by atoms with Crippen LogP contribution in [0.1, 0.15) is 80.1 Å². The van der Waals surface area contributed by atoms with Crippen LogP contribution in [0.25, 0.3) is 0 Å². The molecule has 0 radical (unpaired) electrons. The first-order valence-corrected chi connectivity index (χ1v) is 11.0. The third-order valence-corrected chi connectivity index (χ3v) is 3.92. The van der Waals surface area contributed by atoms with Gasteiger partial charge < -0.3 is 15.3 Å². The summed E-state index contributed by atoms with van der Waals surface area (Å²) >= 11 is 1.47. The normalized spacial score (nSPS) is 13.2. The quantitative estimate of drug-likeness (QED) is 0.572. The van der Waals surface area contributed by atoms with Gasteiger partial charge in [0, 0.05) is 0 Å². The summed E-state index contributed by atoms with van der Waals surface area (Å²) in [6.07, 6.45) is 5.95. The van der Waals surface area contributed by atoms with Crippen molar-refractivity contribution in [2.45, 2.75) is 80.1 Å². The van der Waals surface area contributed by atoms with Crippen molar-refractivity contribution in [3.63, 3.8) is 0 Å². The van der Waals surface area contributed by atoms with Crippen LogP contribution in [-0.2, 0) is 19.4 Å². The van der Waals surface area contributed by atoms with E-state index in [1.54, 1.807) is 0 Å². The van der Waals surface area contributed by atoms with E-state index in [0.717, 1.165) is 38.5 Å². The molecule has 0 rings (SSSR count). The molecular formula is C18H39ClO3Ti. The van der Waals surface area contributed by atoms with Crippen molar-refractivity contribution in [3.8, 4) is 0 Å². The van der Waals surface area contributed by atoms with Gasteiger partial charge in [0.15, 0.2) is 0 Å². The molecule has 0 fully saturated rings. The maximum atomic E-state index is 9.90. The van der Waals surface area contributed by atoms with E-state index in [4.69, 9.17) is 0 Å². The van der Waals surface area contributed by atoms with Crippen LogP contribution in [0.15, 0.2) is 0 Å². The Morgan fingerprint density at radius 2 is 0.783 bits per heavy atom. The molecule has 0 aliphatic carbocycles. The van der Waals surface area contributed by atoms with Gasteiger partial charge in [0.25, 0.3) is 0 Å². The van der Waals surface area contributed by atoms with E-state index in [9.17, 15) is 15.3 Å². The Hall–Kier alpha value is 0.884. The molecule has 0 spiro atoms. The third-order valence-electron chi connectivity index (χ3n) is 3.92. The van der Waals surface area contributed by atoms with E-state index in [1.165, 1.54) is 19.4 Å². The second-order valence-electron chi connectivity index (χ2n) is 6.02. The molecule has 23 heavy (non-hydrogen) atoms. The zero-order valence-corrected chi connectivity index (χ0v) is 18.5. The summed E-state index contributed by atoms with van der Waals surface area (Å²) in [5, 5.41) is 29.7. The van der Waals surface area contributed by atoms with Crippen LogP contribution in [-0.4, -0.2) is 19.8 Å². The first-order valence-electron chi connectivity index (χ1n) is 8.86. The molecule has 0 heterocycles. The van der Waals surface area contributed by atoms with Gasteiger partial charge in [-0.3, -0.25) is 0 Å². The number of hydrogen-bond acceptors (Lipinski definition) is 3. The summed E-state index contributed by atoms with van der Waals surface area (Å²) in [5.41, 5.74) is 0. The van der Waals surface area contributed by atoms with E-state index in [-0.39, 0.29) is 19.8 Å². The van der Waals surface area contributed by atoms with E-state index in [1.807, 2.05) is 0 Å². The third kappa shape index (κ3) is 39.6. The average molecular weight is 387 g/mol. The molecule has 0 aromatic rings. The molecule has 0 aromatic heterocycles. The Morgan fingerprint density at radius 3 is 0.826 bits per heavy atom. The first kappa shape index (κ1) is 31.6. The fourth-order valence-corrected chi connectivity index (χ4v) is 1.22. The maximum absolute atomic E-state index is 9.90. The molecule has 0 bridgehead atoms. The molecule has 3 nitrogen and oxygen atoms in total. The number of hydrogen-bond donors (Lipinski definition) is 0. The Morgan fingerprint density at radius 1 is 0.609 bits per heavy atom. The predicted octanol–water partition coefficient (Wildman–Crippen LogP) is 3.04. The van der Waals surface area contributed by atoms with Gasteiger partial charge in [0.1, 0.15) is 0 Å². The molecule has 3 unspecified atom stereocenters. The van der Waals surface area contributed by atoms with Crippen molar-refractivity contribution in [3.05, 3.63) is 0 Å². The summed E-state index contributed by atoms with van der Waals surface area (Å²) in [5.74, 6) is 1.91. The minimum absolute atomic E-state index is 0.0923. The topological polar surface area (TPSA) is 69.2 Å². The van der Waals surface area contributed by atoms with Crippen LogP contribution < -0.4 is 15.3 Å². The fraction of sp³-hybridized carbons (Fsp3) is 1.00. The van der Waals surface area contributed by atoms with Crippen molar-refractivity contribution >= 4 is 9.30 Å². The van der Waals surface area contributed by atoms with Gasteiger partial charge in [0.2, 0.25) is 0 Å². The summed E-state index contributed by atoms with van der Waals surface area (Å²) in [6, 6.07) is 0. The van der Waals surface area contributed by atoms with Crippen molar-refractivity contribution in [2.24, 2.45) is 17.8 Å². The minimum atomic E-state index is 0.0923. The van der Waals surface area contributed by atoms with Crippen LogP contribution in [0, 0.1) is 17.8 Å². The van der Waals surface area contributed by atoms with Crippen molar-refractivity contribution in [1.82, 2.24) is 0 Å². The number of halogens is 1. The predicted molar refractivity (Wildman–Crippen MR) is 92.7 cm³/mol. The SMILES string of the molecule is CCC(C)CC[O-].CCC(C)CC[O-].CCC(C)CC[O-].[Cl][Ti+3].